The Morgan fingerprint density at radius 3 is 2.46 bits per heavy atom. The number of anilines is 1. The highest BCUT2D eigenvalue weighted by molar-refractivity contribution is 5.47. The second kappa shape index (κ2) is 6.93. The zero-order valence-electron chi connectivity index (χ0n) is 14.7. The van der Waals surface area contributed by atoms with Gasteiger partial charge in [-0.25, -0.2) is 9.78 Å². The fraction of sp³-hybridized carbons (Fsp3) is 0.400. The summed E-state index contributed by atoms with van der Waals surface area (Å²) in [5.74, 6) is 0.187. The highest BCUT2D eigenvalue weighted by atomic mass is 17.2. The maximum Gasteiger partial charge on any atom is 0.196 e. The number of nitrogens with one attached hydrogen (secondary N) is 1. The molecular formula is C20H25NO3. The van der Waals surface area contributed by atoms with Crippen molar-refractivity contribution < 1.29 is 14.5 Å². The first kappa shape index (κ1) is 17.0. The third kappa shape index (κ3) is 3.46. The van der Waals surface area contributed by atoms with E-state index < -0.39 is 11.9 Å². The van der Waals surface area contributed by atoms with E-state index in [0.29, 0.717) is 0 Å². The van der Waals surface area contributed by atoms with Gasteiger partial charge < -0.3 is 10.1 Å². The molecule has 0 unspecified atom stereocenters. The highest BCUT2D eigenvalue weighted by Gasteiger charge is 2.46. The first-order chi connectivity index (χ1) is 11.5. The zero-order chi connectivity index (χ0) is 17.2. The van der Waals surface area contributed by atoms with Crippen LogP contribution in [0.4, 0.5) is 5.69 Å². The summed E-state index contributed by atoms with van der Waals surface area (Å²) in [6.07, 6.45) is -0.785. The number of ether oxygens (including phenoxy) is 1. The number of hydrogen-bond donors (Lipinski definition) is 1. The highest BCUT2D eigenvalue weighted by Crippen LogP contribution is 2.38. The van der Waals surface area contributed by atoms with Crippen LogP contribution in [0.3, 0.4) is 0 Å². The van der Waals surface area contributed by atoms with Crippen molar-refractivity contribution in [3.05, 3.63) is 65.7 Å². The molecule has 3 atom stereocenters. The Labute approximate surface area is 143 Å². The van der Waals surface area contributed by atoms with Gasteiger partial charge in [0, 0.05) is 11.6 Å². The van der Waals surface area contributed by atoms with Crippen molar-refractivity contribution in [2.75, 3.05) is 5.32 Å². The largest absolute Gasteiger partial charge is 0.357 e. The Bertz CT molecular complexity index is 674. The van der Waals surface area contributed by atoms with Crippen LogP contribution in [0.2, 0.25) is 0 Å². The molecule has 1 saturated heterocycles. The molecule has 0 radical (unpaired) electrons. The van der Waals surface area contributed by atoms with Gasteiger partial charge in [0.05, 0.1) is 0 Å². The summed E-state index contributed by atoms with van der Waals surface area (Å²) in [4.78, 5) is 11.4. The lowest BCUT2D eigenvalue weighted by Crippen LogP contribution is -2.53. The molecule has 0 spiro atoms. The van der Waals surface area contributed by atoms with Gasteiger partial charge in [0.2, 0.25) is 0 Å². The summed E-state index contributed by atoms with van der Waals surface area (Å²) in [7, 11) is 0. The lowest BCUT2D eigenvalue weighted by atomic mass is 9.93. The van der Waals surface area contributed by atoms with Crippen molar-refractivity contribution >= 4 is 5.69 Å². The number of rotatable bonds is 4. The fourth-order valence-corrected chi connectivity index (χ4v) is 2.77. The zero-order valence-corrected chi connectivity index (χ0v) is 14.7. The van der Waals surface area contributed by atoms with E-state index in [0.717, 1.165) is 11.3 Å². The molecule has 2 aromatic carbocycles. The lowest BCUT2D eigenvalue weighted by Gasteiger charge is -2.44. The summed E-state index contributed by atoms with van der Waals surface area (Å²) in [5, 5.41) is 3.47. The van der Waals surface area contributed by atoms with E-state index in [-0.39, 0.29) is 12.1 Å². The lowest BCUT2D eigenvalue weighted by molar-refractivity contribution is -0.494. The van der Waals surface area contributed by atoms with E-state index in [9.17, 15) is 0 Å². The Hall–Kier alpha value is -1.88. The van der Waals surface area contributed by atoms with E-state index in [4.69, 9.17) is 14.5 Å². The Morgan fingerprint density at radius 2 is 1.79 bits per heavy atom. The first-order valence-electron chi connectivity index (χ1n) is 8.38. The van der Waals surface area contributed by atoms with Crippen LogP contribution >= 0.6 is 0 Å². The quantitative estimate of drug-likeness (QED) is 0.833. The Balaban J connectivity index is 1.91. The second-order valence-electron chi connectivity index (χ2n) is 6.79. The van der Waals surface area contributed by atoms with Crippen LogP contribution in [0.5, 0.6) is 0 Å². The Kier molecular flexibility index (Phi) is 4.90. The predicted molar refractivity (Wildman–Crippen MR) is 94.3 cm³/mol. The molecule has 1 fully saturated rings. The van der Waals surface area contributed by atoms with Crippen LogP contribution in [0, 0.1) is 12.8 Å². The maximum absolute atomic E-state index is 6.20. The molecule has 128 valence electrons. The number of aryl methyl sites for hydroxylation is 1. The molecule has 24 heavy (non-hydrogen) atoms. The van der Waals surface area contributed by atoms with E-state index in [1.165, 1.54) is 5.56 Å². The standard InChI is InChI=1S/C20H25NO3/c1-14(2)18-22-19(21-17-12-8-9-15(3)13-17)20(4,24-23-18)16-10-6-5-7-11-16/h5-14,18-19,21H,1-4H3/t18-,19-,20+/m0/s1. The van der Waals surface area contributed by atoms with Crippen molar-refractivity contribution in [3.63, 3.8) is 0 Å². The maximum atomic E-state index is 6.20. The van der Waals surface area contributed by atoms with Gasteiger partial charge in [-0.15, -0.1) is 0 Å². The van der Waals surface area contributed by atoms with Crippen LogP contribution in [-0.2, 0) is 20.1 Å². The van der Waals surface area contributed by atoms with Gasteiger partial charge in [-0.3, -0.25) is 0 Å². The summed E-state index contributed by atoms with van der Waals surface area (Å²) in [5.41, 5.74) is 2.43. The molecule has 0 saturated carbocycles. The molecule has 3 rings (SSSR count). The third-order valence-electron chi connectivity index (χ3n) is 4.29. The van der Waals surface area contributed by atoms with Crippen molar-refractivity contribution in [3.8, 4) is 0 Å². The molecule has 1 N–H and O–H groups in total. The van der Waals surface area contributed by atoms with E-state index >= 15 is 0 Å². The molecular weight excluding hydrogens is 302 g/mol. The normalized spacial score (nSPS) is 27.2. The van der Waals surface area contributed by atoms with Gasteiger partial charge in [-0.2, -0.15) is 0 Å². The van der Waals surface area contributed by atoms with Crippen LogP contribution < -0.4 is 5.32 Å². The van der Waals surface area contributed by atoms with Crippen molar-refractivity contribution in [2.45, 2.75) is 45.8 Å². The van der Waals surface area contributed by atoms with E-state index in [1.54, 1.807) is 0 Å². The SMILES string of the molecule is Cc1cccc(N[C@H]2O[C@H](C(C)C)OO[C@]2(C)c2ccccc2)c1. The van der Waals surface area contributed by atoms with Crippen LogP contribution in [0.1, 0.15) is 31.9 Å². The van der Waals surface area contributed by atoms with Crippen molar-refractivity contribution in [1.82, 2.24) is 0 Å². The summed E-state index contributed by atoms with van der Waals surface area (Å²) < 4.78 is 6.20. The molecule has 0 aromatic heterocycles. The van der Waals surface area contributed by atoms with Crippen LogP contribution in [0.15, 0.2) is 54.6 Å². The molecule has 2 aromatic rings. The van der Waals surface area contributed by atoms with Crippen molar-refractivity contribution in [1.29, 1.82) is 0 Å². The topological polar surface area (TPSA) is 39.7 Å². The minimum atomic E-state index is -0.754. The van der Waals surface area contributed by atoms with Crippen molar-refractivity contribution in [2.24, 2.45) is 5.92 Å². The third-order valence-corrected chi connectivity index (χ3v) is 4.29. The fourth-order valence-electron chi connectivity index (χ4n) is 2.77. The van der Waals surface area contributed by atoms with Gasteiger partial charge >= 0.3 is 0 Å². The average Bonchev–Trinajstić information content (AvgIpc) is 2.57. The van der Waals surface area contributed by atoms with Gasteiger partial charge in [-0.1, -0.05) is 56.3 Å². The number of benzene rings is 2. The molecule has 4 heteroatoms. The molecule has 1 aliphatic rings. The van der Waals surface area contributed by atoms with Crippen LogP contribution in [0.25, 0.3) is 0 Å². The number of hydrogen-bond acceptors (Lipinski definition) is 4. The minimum Gasteiger partial charge on any atom is -0.357 e. The molecule has 1 heterocycles. The van der Waals surface area contributed by atoms with E-state index in [1.807, 2.05) is 63.2 Å². The molecule has 0 bridgehead atoms. The van der Waals surface area contributed by atoms with E-state index in [2.05, 4.69) is 24.4 Å². The van der Waals surface area contributed by atoms with Gasteiger partial charge in [0.1, 0.15) is 0 Å². The van der Waals surface area contributed by atoms with Gasteiger partial charge in [0.15, 0.2) is 18.1 Å². The monoisotopic (exact) mass is 327 g/mol. The van der Waals surface area contributed by atoms with Crippen LogP contribution in [-0.4, -0.2) is 12.5 Å². The second-order valence-corrected chi connectivity index (χ2v) is 6.79. The summed E-state index contributed by atoms with van der Waals surface area (Å²) in [6, 6.07) is 18.2. The van der Waals surface area contributed by atoms with Gasteiger partial charge in [-0.05, 0) is 37.1 Å². The smallest absolute Gasteiger partial charge is 0.196 e. The predicted octanol–water partition coefficient (Wildman–Crippen LogP) is 4.61. The molecule has 0 amide bonds. The molecule has 0 aliphatic carbocycles. The average molecular weight is 327 g/mol. The first-order valence-corrected chi connectivity index (χ1v) is 8.38. The molecule has 4 nitrogen and oxygen atoms in total. The Morgan fingerprint density at radius 1 is 1.04 bits per heavy atom. The molecule has 1 aliphatic heterocycles. The summed E-state index contributed by atoms with van der Waals surface area (Å²) >= 11 is 0. The van der Waals surface area contributed by atoms with Gasteiger partial charge in [0.25, 0.3) is 0 Å². The summed E-state index contributed by atoms with van der Waals surface area (Å²) in [6.45, 7) is 8.14. The minimum absolute atomic E-state index is 0.187.